The zero-order chi connectivity index (χ0) is 10.9. The van der Waals surface area contributed by atoms with Crippen LogP contribution in [-0.4, -0.2) is 41.8 Å². The molecule has 0 saturated carbocycles. The highest BCUT2D eigenvalue weighted by molar-refractivity contribution is 6.82. The van der Waals surface area contributed by atoms with Crippen LogP contribution in [0.4, 0.5) is 0 Å². The molecule has 0 amide bonds. The molecule has 0 aliphatic rings. The first kappa shape index (κ1) is 13.1. The van der Waals surface area contributed by atoms with E-state index in [1.807, 2.05) is 33.9 Å². The molecule has 0 radical (unpaired) electrons. The van der Waals surface area contributed by atoms with Gasteiger partial charge < -0.3 is 15.3 Å². The van der Waals surface area contributed by atoms with Crippen LogP contribution >= 0.6 is 0 Å². The van der Waals surface area contributed by atoms with Gasteiger partial charge in [0.2, 0.25) is 0 Å². The summed E-state index contributed by atoms with van der Waals surface area (Å²) in [5, 5.41) is 26.9. The van der Waals surface area contributed by atoms with E-state index < -0.39 is 13.3 Å². The Morgan fingerprint density at radius 3 is 1.38 bits per heavy atom. The average molecular weight is 206 g/mol. The molecular weight excluding hydrogens is 184 g/mol. The first-order chi connectivity index (χ1) is 5.62. The summed E-state index contributed by atoms with van der Waals surface area (Å²) in [4.78, 5) is 0. The second-order valence-electron chi connectivity index (χ2n) is 5.22. The van der Waals surface area contributed by atoms with E-state index >= 15 is 0 Å². The monoisotopic (exact) mass is 206 g/mol. The van der Waals surface area contributed by atoms with Gasteiger partial charge >= 0.3 is 0 Å². The lowest BCUT2D eigenvalue weighted by Crippen LogP contribution is -2.64. The van der Waals surface area contributed by atoms with Crippen LogP contribution < -0.4 is 0 Å². The van der Waals surface area contributed by atoms with Gasteiger partial charge in [-0.15, -0.1) is 0 Å². The van der Waals surface area contributed by atoms with Crippen LogP contribution in [0, 0.1) is 0 Å². The van der Waals surface area contributed by atoms with Gasteiger partial charge in [0.05, 0.1) is 21.3 Å². The number of hydrogen-bond acceptors (Lipinski definition) is 3. The van der Waals surface area contributed by atoms with E-state index in [1.54, 1.807) is 0 Å². The fraction of sp³-hybridized carbons (Fsp3) is 1.00. The standard InChI is InChI=1S/C9H22O3Si/c1-8(2,3)13(4,5)9(12,6-10)7-11/h10-12H,6-7H2,1-5H3. The second kappa shape index (κ2) is 3.69. The van der Waals surface area contributed by atoms with E-state index in [2.05, 4.69) is 0 Å². The first-order valence-corrected chi connectivity index (χ1v) is 7.56. The summed E-state index contributed by atoms with van der Waals surface area (Å²) in [7, 11) is -2.10. The molecule has 0 rings (SSSR count). The number of aliphatic hydroxyl groups is 3. The zero-order valence-corrected chi connectivity index (χ0v) is 10.3. The Morgan fingerprint density at radius 1 is 1.00 bits per heavy atom. The fourth-order valence-corrected chi connectivity index (χ4v) is 3.33. The van der Waals surface area contributed by atoms with Crippen LogP contribution in [0.3, 0.4) is 0 Å². The molecule has 0 bridgehead atoms. The predicted molar refractivity (Wildman–Crippen MR) is 56.3 cm³/mol. The summed E-state index contributed by atoms with van der Waals surface area (Å²) in [5.74, 6) is 0. The number of rotatable bonds is 3. The molecule has 0 fully saturated rings. The molecule has 0 saturated heterocycles. The van der Waals surface area contributed by atoms with Gasteiger partial charge in [-0.05, 0) is 5.04 Å². The van der Waals surface area contributed by atoms with Crippen molar-refractivity contribution in [3.8, 4) is 0 Å². The molecule has 0 aliphatic carbocycles. The molecular formula is C9H22O3Si. The number of hydrogen-bond donors (Lipinski definition) is 3. The molecule has 0 aliphatic heterocycles. The molecule has 0 unspecified atom stereocenters. The molecule has 0 spiro atoms. The molecule has 13 heavy (non-hydrogen) atoms. The van der Waals surface area contributed by atoms with Crippen LogP contribution in [0.25, 0.3) is 0 Å². The lowest BCUT2D eigenvalue weighted by molar-refractivity contribution is -0.00206. The summed E-state index contributed by atoms with van der Waals surface area (Å²) in [6.07, 6.45) is 0. The highest BCUT2D eigenvalue weighted by atomic mass is 28.3. The van der Waals surface area contributed by atoms with Crippen molar-refractivity contribution in [2.24, 2.45) is 0 Å². The normalized spacial score (nSPS) is 14.8. The smallest absolute Gasteiger partial charge is 0.100 e. The largest absolute Gasteiger partial charge is 0.394 e. The minimum atomic E-state index is -2.10. The molecule has 0 aromatic rings. The van der Waals surface area contributed by atoms with Crippen molar-refractivity contribution in [3.05, 3.63) is 0 Å². The van der Waals surface area contributed by atoms with Gasteiger partial charge in [-0.2, -0.15) is 0 Å². The van der Waals surface area contributed by atoms with E-state index in [0.717, 1.165) is 0 Å². The molecule has 3 nitrogen and oxygen atoms in total. The Hall–Kier alpha value is 0.0969. The third-order valence-corrected chi connectivity index (χ3v) is 9.95. The van der Waals surface area contributed by atoms with E-state index in [9.17, 15) is 5.11 Å². The Kier molecular flexibility index (Phi) is 3.72. The van der Waals surface area contributed by atoms with Crippen molar-refractivity contribution in [3.63, 3.8) is 0 Å². The van der Waals surface area contributed by atoms with Crippen molar-refractivity contribution in [1.29, 1.82) is 0 Å². The van der Waals surface area contributed by atoms with Gasteiger partial charge in [-0.25, -0.2) is 0 Å². The van der Waals surface area contributed by atoms with Gasteiger partial charge in [-0.1, -0.05) is 33.9 Å². The van der Waals surface area contributed by atoms with Crippen LogP contribution in [0.1, 0.15) is 20.8 Å². The maximum atomic E-state index is 10.1. The third kappa shape index (κ3) is 2.12. The van der Waals surface area contributed by atoms with Gasteiger partial charge in [0, 0.05) is 0 Å². The minimum absolute atomic E-state index is 0.0484. The molecule has 80 valence electrons. The highest BCUT2D eigenvalue weighted by Gasteiger charge is 2.51. The van der Waals surface area contributed by atoms with Gasteiger partial charge in [0.25, 0.3) is 0 Å². The Labute approximate surface area is 81.4 Å². The summed E-state index contributed by atoms with van der Waals surface area (Å²) >= 11 is 0. The molecule has 0 aromatic carbocycles. The minimum Gasteiger partial charge on any atom is -0.394 e. The topological polar surface area (TPSA) is 60.7 Å². The fourth-order valence-electron chi connectivity index (χ4n) is 1.14. The van der Waals surface area contributed by atoms with E-state index in [0.29, 0.717) is 0 Å². The van der Waals surface area contributed by atoms with Crippen LogP contribution in [0.2, 0.25) is 18.1 Å². The van der Waals surface area contributed by atoms with Crippen LogP contribution in [0.15, 0.2) is 0 Å². The molecule has 0 atom stereocenters. The highest BCUT2D eigenvalue weighted by Crippen LogP contribution is 2.42. The Balaban J connectivity index is 5.00. The quantitative estimate of drug-likeness (QED) is 0.597. The summed E-state index contributed by atoms with van der Waals surface area (Å²) in [5.41, 5.74) is 0. The molecule has 0 aromatic heterocycles. The maximum absolute atomic E-state index is 10.1. The molecule has 3 N–H and O–H groups in total. The first-order valence-electron chi connectivity index (χ1n) is 4.56. The summed E-state index contributed by atoms with van der Waals surface area (Å²) in [6, 6.07) is 0. The zero-order valence-electron chi connectivity index (χ0n) is 9.26. The van der Waals surface area contributed by atoms with Crippen LogP contribution in [0.5, 0.6) is 0 Å². The SMILES string of the molecule is CC(C)(C)[Si](C)(C)C(O)(CO)CO. The second-order valence-corrected chi connectivity index (χ2v) is 10.9. The molecule has 0 heterocycles. The predicted octanol–water partition coefficient (Wildman–Crippen LogP) is 0.750. The van der Waals surface area contributed by atoms with Gasteiger partial charge in [-0.3, -0.25) is 0 Å². The van der Waals surface area contributed by atoms with E-state index in [-0.39, 0.29) is 18.3 Å². The van der Waals surface area contributed by atoms with Crippen molar-refractivity contribution >= 4 is 8.07 Å². The van der Waals surface area contributed by atoms with Crippen molar-refractivity contribution in [2.75, 3.05) is 13.2 Å². The van der Waals surface area contributed by atoms with Crippen LogP contribution in [-0.2, 0) is 0 Å². The Bertz CT molecular complexity index is 168. The summed E-state index contributed by atoms with van der Waals surface area (Å²) < 4.78 is 0. The lowest BCUT2D eigenvalue weighted by atomic mass is 10.2. The number of aliphatic hydroxyl groups excluding tert-OH is 2. The average Bonchev–Trinajstić information content (AvgIpc) is 2.00. The lowest BCUT2D eigenvalue weighted by Gasteiger charge is -2.47. The van der Waals surface area contributed by atoms with E-state index in [1.165, 1.54) is 0 Å². The van der Waals surface area contributed by atoms with Gasteiger partial charge in [0.1, 0.15) is 5.22 Å². The Morgan fingerprint density at radius 2 is 1.31 bits per heavy atom. The van der Waals surface area contributed by atoms with Crippen molar-refractivity contribution in [2.45, 2.75) is 44.1 Å². The van der Waals surface area contributed by atoms with Crippen molar-refractivity contribution in [1.82, 2.24) is 0 Å². The van der Waals surface area contributed by atoms with Gasteiger partial charge in [0.15, 0.2) is 0 Å². The maximum Gasteiger partial charge on any atom is 0.100 e. The van der Waals surface area contributed by atoms with E-state index in [4.69, 9.17) is 10.2 Å². The molecule has 4 heteroatoms. The third-order valence-electron chi connectivity index (χ3n) is 3.56. The summed E-state index contributed by atoms with van der Waals surface area (Å²) in [6.45, 7) is 9.36. The van der Waals surface area contributed by atoms with Crippen molar-refractivity contribution < 1.29 is 15.3 Å².